The number of carbonyl (C=O) groups excluding carboxylic acids is 3. The third kappa shape index (κ3) is 3.21. The van der Waals surface area contributed by atoms with Crippen molar-refractivity contribution in [2.75, 3.05) is 6.54 Å². The van der Waals surface area contributed by atoms with E-state index in [1.165, 1.54) is 25.7 Å². The quantitative estimate of drug-likeness (QED) is 0.645. The first-order valence-electron chi connectivity index (χ1n) is 8.84. The van der Waals surface area contributed by atoms with Crippen molar-refractivity contribution in [3.05, 3.63) is 35.4 Å². The third-order valence-electron chi connectivity index (χ3n) is 5.16. The van der Waals surface area contributed by atoms with Crippen molar-refractivity contribution in [2.24, 2.45) is 5.92 Å². The molecule has 1 aromatic rings. The first-order valence-corrected chi connectivity index (χ1v) is 8.84. The highest BCUT2D eigenvalue weighted by molar-refractivity contribution is 6.22. The van der Waals surface area contributed by atoms with Crippen LogP contribution in [0.2, 0.25) is 0 Å². The van der Waals surface area contributed by atoms with Gasteiger partial charge in [-0.05, 0) is 37.8 Å². The Morgan fingerprint density at radius 1 is 1.17 bits per heavy atom. The molecule has 24 heavy (non-hydrogen) atoms. The van der Waals surface area contributed by atoms with Crippen molar-refractivity contribution in [1.29, 1.82) is 0 Å². The average Bonchev–Trinajstić information content (AvgIpc) is 3.19. The summed E-state index contributed by atoms with van der Waals surface area (Å²) in [6.07, 6.45) is 7.35. The second-order valence-electron chi connectivity index (χ2n) is 6.79. The summed E-state index contributed by atoms with van der Waals surface area (Å²) in [7, 11) is 0. The Morgan fingerprint density at radius 2 is 1.75 bits per heavy atom. The lowest BCUT2D eigenvalue weighted by Crippen LogP contribution is -2.48. The zero-order valence-corrected chi connectivity index (χ0v) is 14.1. The molecule has 1 heterocycles. The lowest BCUT2D eigenvalue weighted by Gasteiger charge is -2.21. The van der Waals surface area contributed by atoms with E-state index in [-0.39, 0.29) is 17.7 Å². The number of amides is 3. The molecule has 0 radical (unpaired) electrons. The highest BCUT2D eigenvalue weighted by Gasteiger charge is 2.40. The number of carbonyl (C=O) groups is 3. The number of hydrogen-bond acceptors (Lipinski definition) is 3. The van der Waals surface area contributed by atoms with Gasteiger partial charge in [-0.3, -0.25) is 19.3 Å². The van der Waals surface area contributed by atoms with E-state index in [0.29, 0.717) is 17.7 Å². The molecule has 3 rings (SSSR count). The summed E-state index contributed by atoms with van der Waals surface area (Å²) in [6.45, 7) is 2.21. The summed E-state index contributed by atoms with van der Waals surface area (Å²) in [6, 6.07) is 5.91. The van der Waals surface area contributed by atoms with Crippen LogP contribution < -0.4 is 5.32 Å². The maximum absolute atomic E-state index is 12.4. The second kappa shape index (κ2) is 7.16. The van der Waals surface area contributed by atoms with E-state index in [2.05, 4.69) is 5.32 Å². The predicted molar refractivity (Wildman–Crippen MR) is 90.6 cm³/mol. The van der Waals surface area contributed by atoms with Crippen LogP contribution in [0.1, 0.15) is 66.2 Å². The van der Waals surface area contributed by atoms with Gasteiger partial charge in [0.15, 0.2) is 0 Å². The Morgan fingerprint density at radius 3 is 2.33 bits per heavy atom. The molecule has 128 valence electrons. The second-order valence-corrected chi connectivity index (χ2v) is 6.79. The minimum Gasteiger partial charge on any atom is -0.354 e. The lowest BCUT2D eigenvalue weighted by molar-refractivity contribution is -0.124. The number of nitrogens with zero attached hydrogens (tertiary/aromatic N) is 1. The van der Waals surface area contributed by atoms with Crippen LogP contribution in [-0.2, 0) is 4.79 Å². The molecule has 0 bridgehead atoms. The molecule has 5 heteroatoms. The zero-order valence-electron chi connectivity index (χ0n) is 14.1. The van der Waals surface area contributed by atoms with Gasteiger partial charge < -0.3 is 5.32 Å². The smallest absolute Gasteiger partial charge is 0.262 e. The van der Waals surface area contributed by atoms with E-state index >= 15 is 0 Å². The molecule has 1 aromatic carbocycles. The van der Waals surface area contributed by atoms with E-state index in [0.717, 1.165) is 23.7 Å². The van der Waals surface area contributed by atoms with Gasteiger partial charge in [0.2, 0.25) is 5.91 Å². The van der Waals surface area contributed by atoms with Crippen LogP contribution in [0.25, 0.3) is 0 Å². The first-order chi connectivity index (χ1) is 11.6. The van der Waals surface area contributed by atoms with Crippen molar-refractivity contribution in [3.63, 3.8) is 0 Å². The number of nitrogens with one attached hydrogen (secondary N) is 1. The first kappa shape index (κ1) is 16.7. The van der Waals surface area contributed by atoms with Gasteiger partial charge in [-0.2, -0.15) is 0 Å². The lowest BCUT2D eigenvalue weighted by atomic mass is 10.0. The van der Waals surface area contributed by atoms with Crippen LogP contribution in [0, 0.1) is 5.92 Å². The van der Waals surface area contributed by atoms with E-state index in [9.17, 15) is 14.4 Å². The summed E-state index contributed by atoms with van der Waals surface area (Å²) >= 11 is 0. The van der Waals surface area contributed by atoms with Gasteiger partial charge in [0, 0.05) is 6.54 Å². The Balaban J connectivity index is 1.52. The van der Waals surface area contributed by atoms with Crippen molar-refractivity contribution >= 4 is 17.7 Å². The highest BCUT2D eigenvalue weighted by Crippen LogP contribution is 2.28. The third-order valence-corrected chi connectivity index (χ3v) is 5.16. The summed E-state index contributed by atoms with van der Waals surface area (Å²) in [4.78, 5) is 38.1. The molecule has 0 aromatic heterocycles. The molecule has 0 spiro atoms. The summed E-state index contributed by atoms with van der Waals surface area (Å²) in [5, 5.41) is 2.87. The molecule has 1 aliphatic heterocycles. The Kier molecular flexibility index (Phi) is 4.97. The van der Waals surface area contributed by atoms with Gasteiger partial charge >= 0.3 is 0 Å². The maximum Gasteiger partial charge on any atom is 0.262 e. The molecule has 3 amide bonds. The molecule has 1 N–H and O–H groups in total. The topological polar surface area (TPSA) is 66.5 Å². The van der Waals surface area contributed by atoms with E-state index in [4.69, 9.17) is 0 Å². The predicted octanol–water partition coefficient (Wildman–Crippen LogP) is 2.76. The molecule has 1 aliphatic carbocycles. The monoisotopic (exact) mass is 328 g/mol. The number of rotatable bonds is 6. The molecule has 1 fully saturated rings. The molecule has 1 unspecified atom stereocenters. The molecule has 1 saturated carbocycles. The minimum atomic E-state index is -0.788. The largest absolute Gasteiger partial charge is 0.354 e. The average molecular weight is 328 g/mol. The van der Waals surface area contributed by atoms with Gasteiger partial charge in [0.05, 0.1) is 11.1 Å². The Labute approximate surface area is 142 Å². The van der Waals surface area contributed by atoms with Crippen molar-refractivity contribution in [3.8, 4) is 0 Å². The number of fused-ring (bicyclic) bond motifs is 1. The number of benzene rings is 1. The van der Waals surface area contributed by atoms with Gasteiger partial charge in [-0.15, -0.1) is 0 Å². The molecular weight excluding hydrogens is 304 g/mol. The fourth-order valence-electron chi connectivity index (χ4n) is 3.73. The van der Waals surface area contributed by atoms with Crippen molar-refractivity contribution in [1.82, 2.24) is 10.2 Å². The number of hydrogen-bond donors (Lipinski definition) is 1. The molecule has 0 saturated heterocycles. The van der Waals surface area contributed by atoms with Crippen LogP contribution in [0.3, 0.4) is 0 Å². The Bertz CT molecular complexity index is 615. The summed E-state index contributed by atoms with van der Waals surface area (Å²) in [5.41, 5.74) is 0.756. The standard InChI is InChI=1S/C19H24N2O3/c1-13(17(22)20-12-6-9-14-7-2-3-8-14)21-18(23)15-10-4-5-11-16(15)19(21)24/h4-5,10-11,13-14H,2-3,6-9,12H2,1H3,(H,20,22). The Hall–Kier alpha value is -2.17. The summed E-state index contributed by atoms with van der Waals surface area (Å²) < 4.78 is 0. The van der Waals surface area contributed by atoms with E-state index < -0.39 is 6.04 Å². The van der Waals surface area contributed by atoms with Gasteiger partial charge in [-0.25, -0.2) is 0 Å². The molecule has 2 aliphatic rings. The fourth-order valence-corrected chi connectivity index (χ4v) is 3.73. The van der Waals surface area contributed by atoms with Crippen molar-refractivity contribution < 1.29 is 14.4 Å². The van der Waals surface area contributed by atoms with Crippen LogP contribution in [0.4, 0.5) is 0 Å². The van der Waals surface area contributed by atoms with Crippen LogP contribution in [0.5, 0.6) is 0 Å². The molecule has 1 atom stereocenters. The zero-order chi connectivity index (χ0) is 17.1. The normalized spacial score (nSPS) is 18.8. The van der Waals surface area contributed by atoms with Gasteiger partial charge in [0.25, 0.3) is 11.8 Å². The highest BCUT2D eigenvalue weighted by atomic mass is 16.2. The molecule has 5 nitrogen and oxygen atoms in total. The van der Waals surface area contributed by atoms with E-state index in [1.54, 1.807) is 31.2 Å². The van der Waals surface area contributed by atoms with Crippen LogP contribution in [-0.4, -0.2) is 35.2 Å². The summed E-state index contributed by atoms with van der Waals surface area (Å²) in [5.74, 6) is -0.236. The van der Waals surface area contributed by atoms with Crippen LogP contribution >= 0.6 is 0 Å². The van der Waals surface area contributed by atoms with Gasteiger partial charge in [-0.1, -0.05) is 37.8 Å². The fraction of sp³-hybridized carbons (Fsp3) is 0.526. The molecular formula is C19H24N2O3. The van der Waals surface area contributed by atoms with Crippen LogP contribution in [0.15, 0.2) is 24.3 Å². The van der Waals surface area contributed by atoms with E-state index in [1.807, 2.05) is 0 Å². The van der Waals surface area contributed by atoms with Gasteiger partial charge in [0.1, 0.15) is 6.04 Å². The SMILES string of the molecule is CC(C(=O)NCCCC1CCCC1)N1C(=O)c2ccccc2C1=O. The number of imide groups is 1. The minimum absolute atomic E-state index is 0.268. The maximum atomic E-state index is 12.4. The van der Waals surface area contributed by atoms with Crippen molar-refractivity contribution in [2.45, 2.75) is 51.5 Å².